The highest BCUT2D eigenvalue weighted by molar-refractivity contribution is 6.37. The van der Waals surface area contributed by atoms with Crippen LogP contribution in [0.4, 0.5) is 24.5 Å². The number of fused-ring (bicyclic) bond motifs is 1. The topological polar surface area (TPSA) is 134 Å². The third-order valence-electron chi connectivity index (χ3n) is 5.84. The fourth-order valence-electron chi connectivity index (χ4n) is 3.90. The summed E-state index contributed by atoms with van der Waals surface area (Å²) < 4.78 is 31.7. The fraction of sp³-hybridized carbons (Fsp3) is 0.207. The van der Waals surface area contributed by atoms with Gasteiger partial charge in [0.1, 0.15) is 0 Å². The van der Waals surface area contributed by atoms with Gasteiger partial charge in [-0.2, -0.15) is 13.2 Å². The predicted octanol–water partition coefficient (Wildman–Crippen LogP) is 5.24. The van der Waals surface area contributed by atoms with Crippen molar-refractivity contribution in [3.8, 4) is 0 Å². The summed E-state index contributed by atoms with van der Waals surface area (Å²) in [6.45, 7) is 3.94. The summed E-state index contributed by atoms with van der Waals surface area (Å²) in [6, 6.07) is 23.0. The molecular formula is C29H29F3N4O4. The summed E-state index contributed by atoms with van der Waals surface area (Å²) in [4.78, 5) is 33.5. The summed E-state index contributed by atoms with van der Waals surface area (Å²) in [5.41, 5.74) is 11.3. The zero-order valence-electron chi connectivity index (χ0n) is 21.6. The Bertz CT molecular complexity index is 1410. The monoisotopic (exact) mass is 554 g/mol. The van der Waals surface area contributed by atoms with Crippen LogP contribution in [-0.4, -0.2) is 35.6 Å². The van der Waals surface area contributed by atoms with Gasteiger partial charge >= 0.3 is 12.1 Å². The molecule has 40 heavy (non-hydrogen) atoms. The van der Waals surface area contributed by atoms with Gasteiger partial charge in [0.2, 0.25) is 5.91 Å². The third-order valence-corrected chi connectivity index (χ3v) is 5.84. The van der Waals surface area contributed by atoms with Crippen LogP contribution in [0.5, 0.6) is 0 Å². The molecule has 1 heterocycles. The molecular weight excluding hydrogens is 525 g/mol. The first kappa shape index (κ1) is 29.9. The fourth-order valence-corrected chi connectivity index (χ4v) is 3.90. The molecule has 0 aromatic heterocycles. The Kier molecular flexibility index (Phi) is 10.0. The minimum atomic E-state index is -5.08. The number of nitrogens with two attached hydrogens (primary N) is 1. The molecule has 0 unspecified atom stereocenters. The van der Waals surface area contributed by atoms with E-state index < -0.39 is 18.1 Å². The van der Waals surface area contributed by atoms with Gasteiger partial charge in [0.15, 0.2) is 0 Å². The Morgan fingerprint density at radius 3 is 2.30 bits per heavy atom. The van der Waals surface area contributed by atoms with E-state index in [4.69, 9.17) is 15.6 Å². The number of carbonyl (C=O) groups is 3. The van der Waals surface area contributed by atoms with E-state index in [9.17, 15) is 22.8 Å². The van der Waals surface area contributed by atoms with Crippen molar-refractivity contribution in [1.82, 2.24) is 5.32 Å². The maximum atomic E-state index is 13.1. The van der Waals surface area contributed by atoms with Gasteiger partial charge in [0, 0.05) is 29.0 Å². The molecule has 0 saturated carbocycles. The molecule has 210 valence electrons. The van der Waals surface area contributed by atoms with E-state index in [0.717, 1.165) is 48.3 Å². The molecule has 11 heteroatoms. The van der Waals surface area contributed by atoms with Gasteiger partial charge in [-0.3, -0.25) is 9.59 Å². The SMILES string of the molecule is CCCCNCc1cccc(N/C(=C2\C(=O)Nc3cc(C(N)=O)ccc32)c2ccccc2)c1.O=C(O)C(F)(F)F. The standard InChI is InChI=1S/C27H28N4O2.C2HF3O2/c1-2-3-14-29-17-18-8-7-11-21(15-18)30-25(19-9-5-4-6-10-19)24-22-13-12-20(26(28)32)16-23(22)31-27(24)33;3-2(4,5)1(6)7/h4-13,15-16,29-30H,2-3,14,17H2,1H3,(H2,28,32)(H,31,33);(H,6,7)/b25-24-;. The van der Waals surface area contributed by atoms with Gasteiger partial charge in [0.05, 0.1) is 11.3 Å². The molecule has 2 amide bonds. The lowest BCUT2D eigenvalue weighted by Gasteiger charge is -2.16. The number of halogens is 3. The van der Waals surface area contributed by atoms with Crippen molar-refractivity contribution >= 4 is 40.4 Å². The Morgan fingerprint density at radius 1 is 0.975 bits per heavy atom. The minimum absolute atomic E-state index is 0.227. The summed E-state index contributed by atoms with van der Waals surface area (Å²) in [6.07, 6.45) is -2.78. The first-order valence-electron chi connectivity index (χ1n) is 12.4. The van der Waals surface area contributed by atoms with Crippen molar-refractivity contribution < 1.29 is 32.7 Å². The Morgan fingerprint density at radius 2 is 1.68 bits per heavy atom. The maximum Gasteiger partial charge on any atom is 0.490 e. The highest BCUT2D eigenvalue weighted by Crippen LogP contribution is 2.38. The maximum absolute atomic E-state index is 13.1. The Labute approximate surface area is 229 Å². The minimum Gasteiger partial charge on any atom is -0.475 e. The average molecular weight is 555 g/mol. The van der Waals surface area contributed by atoms with Gasteiger partial charge in [-0.05, 0) is 48.4 Å². The van der Waals surface area contributed by atoms with Crippen LogP contribution >= 0.6 is 0 Å². The van der Waals surface area contributed by atoms with E-state index in [1.54, 1.807) is 18.2 Å². The van der Waals surface area contributed by atoms with E-state index >= 15 is 0 Å². The molecule has 0 bridgehead atoms. The first-order chi connectivity index (χ1) is 19.0. The van der Waals surface area contributed by atoms with Gasteiger partial charge in [0.25, 0.3) is 5.91 Å². The van der Waals surface area contributed by atoms with Crippen LogP contribution in [0.3, 0.4) is 0 Å². The number of unbranched alkanes of at least 4 members (excludes halogenated alkanes) is 1. The van der Waals surface area contributed by atoms with Gasteiger partial charge in [-0.25, -0.2) is 4.79 Å². The first-order valence-corrected chi connectivity index (χ1v) is 12.4. The lowest BCUT2D eigenvalue weighted by molar-refractivity contribution is -0.192. The number of nitrogens with one attached hydrogen (secondary N) is 3. The summed E-state index contributed by atoms with van der Waals surface area (Å²) in [5, 5.41) is 17.0. The molecule has 8 nitrogen and oxygen atoms in total. The highest BCUT2D eigenvalue weighted by Gasteiger charge is 2.38. The van der Waals surface area contributed by atoms with E-state index in [2.05, 4.69) is 35.0 Å². The molecule has 1 aliphatic heterocycles. The molecule has 4 rings (SSSR count). The number of hydrogen-bond donors (Lipinski definition) is 5. The Hall–Kier alpha value is -4.64. The second-order valence-electron chi connectivity index (χ2n) is 8.85. The van der Waals surface area contributed by atoms with Crippen molar-refractivity contribution in [1.29, 1.82) is 0 Å². The van der Waals surface area contributed by atoms with Crippen molar-refractivity contribution in [3.05, 3.63) is 95.1 Å². The molecule has 0 saturated heterocycles. The van der Waals surface area contributed by atoms with Gasteiger partial charge in [-0.15, -0.1) is 0 Å². The Balaban J connectivity index is 0.000000559. The number of carboxylic acid groups (broad SMARTS) is 1. The van der Waals surface area contributed by atoms with Crippen LogP contribution in [0.1, 0.15) is 46.8 Å². The van der Waals surface area contributed by atoms with Crippen LogP contribution in [-0.2, 0) is 16.1 Å². The normalized spacial score (nSPS) is 13.4. The number of anilines is 2. The molecule has 0 aliphatic carbocycles. The van der Waals surface area contributed by atoms with Crippen LogP contribution in [0.25, 0.3) is 11.3 Å². The quantitative estimate of drug-likeness (QED) is 0.181. The van der Waals surface area contributed by atoms with Crippen molar-refractivity contribution in [2.75, 3.05) is 17.2 Å². The second kappa shape index (κ2) is 13.4. The summed E-state index contributed by atoms with van der Waals surface area (Å²) >= 11 is 0. The largest absolute Gasteiger partial charge is 0.490 e. The summed E-state index contributed by atoms with van der Waals surface area (Å²) in [5.74, 6) is -3.52. The van der Waals surface area contributed by atoms with E-state index in [1.165, 1.54) is 0 Å². The number of amides is 2. The van der Waals surface area contributed by atoms with E-state index in [-0.39, 0.29) is 5.91 Å². The highest BCUT2D eigenvalue weighted by atomic mass is 19.4. The molecule has 3 aromatic rings. The molecule has 0 fully saturated rings. The lowest BCUT2D eigenvalue weighted by Crippen LogP contribution is -2.21. The van der Waals surface area contributed by atoms with Crippen molar-refractivity contribution in [2.45, 2.75) is 32.5 Å². The van der Waals surface area contributed by atoms with Crippen molar-refractivity contribution in [2.24, 2.45) is 5.73 Å². The molecule has 0 atom stereocenters. The second-order valence-corrected chi connectivity index (χ2v) is 8.85. The molecule has 6 N–H and O–H groups in total. The van der Waals surface area contributed by atoms with Crippen LogP contribution in [0.2, 0.25) is 0 Å². The molecule has 1 aliphatic rings. The van der Waals surface area contributed by atoms with Crippen LogP contribution in [0.15, 0.2) is 72.8 Å². The van der Waals surface area contributed by atoms with Crippen LogP contribution in [0, 0.1) is 0 Å². The van der Waals surface area contributed by atoms with E-state index in [0.29, 0.717) is 22.5 Å². The van der Waals surface area contributed by atoms with Crippen LogP contribution < -0.4 is 21.7 Å². The zero-order valence-corrected chi connectivity index (χ0v) is 21.6. The van der Waals surface area contributed by atoms with Gasteiger partial charge in [-0.1, -0.05) is 61.9 Å². The molecule has 0 radical (unpaired) electrons. The molecule has 0 spiro atoms. The third kappa shape index (κ3) is 7.93. The number of rotatable bonds is 9. The number of carbonyl (C=O) groups excluding carboxylic acids is 2. The number of hydrogen-bond acceptors (Lipinski definition) is 5. The van der Waals surface area contributed by atoms with Gasteiger partial charge < -0.3 is 26.8 Å². The molecule has 3 aromatic carbocycles. The number of alkyl halides is 3. The average Bonchev–Trinajstić information content (AvgIpc) is 3.25. The number of primary amides is 1. The predicted molar refractivity (Wildman–Crippen MR) is 147 cm³/mol. The number of benzene rings is 3. The zero-order chi connectivity index (χ0) is 29.3. The lowest BCUT2D eigenvalue weighted by atomic mass is 9.99. The smallest absolute Gasteiger partial charge is 0.475 e. The number of aliphatic carboxylic acids is 1. The summed E-state index contributed by atoms with van der Waals surface area (Å²) in [7, 11) is 0. The van der Waals surface area contributed by atoms with Crippen molar-refractivity contribution in [3.63, 3.8) is 0 Å². The van der Waals surface area contributed by atoms with E-state index in [1.807, 2.05) is 42.5 Å². The number of carboxylic acids is 1.